The molecule has 7 heteroatoms. The first-order chi connectivity index (χ1) is 15.7. The molecule has 2 heterocycles. The Balaban J connectivity index is 1.21. The Hall–Kier alpha value is -1.99. The maximum Gasteiger partial charge on any atom is 0.291 e. The van der Waals surface area contributed by atoms with Gasteiger partial charge in [0.1, 0.15) is 4.90 Å². The van der Waals surface area contributed by atoms with Gasteiger partial charge in [0.15, 0.2) is 0 Å². The summed E-state index contributed by atoms with van der Waals surface area (Å²) in [6, 6.07) is 10.3. The van der Waals surface area contributed by atoms with Crippen LogP contribution in [-0.2, 0) is 0 Å². The average Bonchev–Trinajstić information content (AvgIpc) is 3.43. The number of amides is 1. The molecular weight excluding hydrogens is 422 g/mol. The summed E-state index contributed by atoms with van der Waals surface area (Å²) in [5.41, 5.74) is 0. The van der Waals surface area contributed by atoms with Crippen molar-refractivity contribution in [3.8, 4) is 5.88 Å². The Labute approximate surface area is 193 Å². The van der Waals surface area contributed by atoms with Crippen LogP contribution in [0.25, 0.3) is 0 Å². The van der Waals surface area contributed by atoms with Crippen LogP contribution in [0.5, 0.6) is 5.88 Å². The van der Waals surface area contributed by atoms with E-state index < -0.39 is 0 Å². The molecule has 1 aromatic heterocycles. The summed E-state index contributed by atoms with van der Waals surface area (Å²) in [4.78, 5) is 15.1. The number of ether oxygens (including phenoxy) is 1. The molecule has 0 radical (unpaired) electrons. The number of carbonyl (C=O) groups is 1. The lowest BCUT2D eigenvalue weighted by atomic mass is 9.79. The Kier molecular flexibility index (Phi) is 5.63. The highest BCUT2D eigenvalue weighted by atomic mass is 32.2. The van der Waals surface area contributed by atoms with Gasteiger partial charge in [0, 0.05) is 23.4 Å². The van der Waals surface area contributed by atoms with Crippen LogP contribution >= 0.6 is 11.8 Å². The first kappa shape index (κ1) is 20.6. The van der Waals surface area contributed by atoms with Crippen molar-refractivity contribution in [2.24, 2.45) is 29.6 Å². The minimum absolute atomic E-state index is 0.147. The van der Waals surface area contributed by atoms with Crippen molar-refractivity contribution in [1.82, 2.24) is 15.8 Å². The third-order valence-electron chi connectivity index (χ3n) is 8.00. The summed E-state index contributed by atoms with van der Waals surface area (Å²) in [5.74, 6) is 3.99. The van der Waals surface area contributed by atoms with Crippen LogP contribution in [0.3, 0.4) is 0 Å². The molecule has 4 aliphatic carbocycles. The number of benzene rings is 1. The van der Waals surface area contributed by atoms with Gasteiger partial charge in [0.25, 0.3) is 11.8 Å². The van der Waals surface area contributed by atoms with Crippen molar-refractivity contribution >= 4 is 17.7 Å². The zero-order valence-corrected chi connectivity index (χ0v) is 19.1. The minimum atomic E-state index is -0.147. The standard InChI is InChI=1S/C25H31N3O3S/c29-24(27-21-18-10-16-9-17(12-18)20(21)11-16)22-23(32-19-6-2-1-3-7-19)25(28-31-22)30-14-15-5-4-8-26-13-15/h1-3,6-7,15-18,20-21,26H,4-5,8-14H2,(H,27,29). The molecule has 1 aromatic carbocycles. The number of carbonyl (C=O) groups excluding carboxylic acids is 1. The molecule has 6 atom stereocenters. The third-order valence-corrected chi connectivity index (χ3v) is 9.07. The van der Waals surface area contributed by atoms with Crippen molar-refractivity contribution in [3.63, 3.8) is 0 Å². The Morgan fingerprint density at radius 2 is 2.06 bits per heavy atom. The molecule has 4 bridgehead atoms. The lowest BCUT2D eigenvalue weighted by Gasteiger charge is -2.32. The first-order valence-corrected chi connectivity index (χ1v) is 12.9. The number of hydrogen-bond donors (Lipinski definition) is 2. The second-order valence-electron chi connectivity index (χ2n) is 10.1. The van der Waals surface area contributed by atoms with E-state index in [0.29, 0.717) is 35.1 Å². The van der Waals surface area contributed by atoms with Crippen LogP contribution in [-0.4, -0.2) is 36.8 Å². The number of nitrogens with one attached hydrogen (secondary N) is 2. The monoisotopic (exact) mass is 453 g/mol. The predicted molar refractivity (Wildman–Crippen MR) is 122 cm³/mol. The van der Waals surface area contributed by atoms with Crippen molar-refractivity contribution in [3.05, 3.63) is 36.1 Å². The number of nitrogens with zero attached hydrogens (tertiary/aromatic N) is 1. The van der Waals surface area contributed by atoms with Crippen LogP contribution in [0.2, 0.25) is 0 Å². The molecule has 2 aromatic rings. The van der Waals surface area contributed by atoms with E-state index in [2.05, 4.69) is 15.8 Å². The smallest absolute Gasteiger partial charge is 0.291 e. The lowest BCUT2D eigenvalue weighted by molar-refractivity contribution is 0.0853. The van der Waals surface area contributed by atoms with Gasteiger partial charge in [-0.15, -0.1) is 0 Å². The predicted octanol–water partition coefficient (Wildman–Crippen LogP) is 4.37. The summed E-state index contributed by atoms with van der Waals surface area (Å²) in [5, 5.41) is 11.0. The molecule has 1 saturated heterocycles. The second-order valence-corrected chi connectivity index (χ2v) is 11.2. The minimum Gasteiger partial charge on any atom is -0.474 e. The van der Waals surface area contributed by atoms with Crippen molar-refractivity contribution in [1.29, 1.82) is 0 Å². The van der Waals surface area contributed by atoms with Crippen LogP contribution in [0.1, 0.15) is 49.1 Å². The molecule has 2 N–H and O–H groups in total. The molecule has 1 aliphatic heterocycles. The van der Waals surface area contributed by atoms with E-state index in [0.717, 1.165) is 42.7 Å². The fraction of sp³-hybridized carbons (Fsp3) is 0.600. The molecule has 170 valence electrons. The fourth-order valence-corrected chi connectivity index (χ4v) is 7.58. The Morgan fingerprint density at radius 3 is 2.88 bits per heavy atom. The Morgan fingerprint density at radius 1 is 1.19 bits per heavy atom. The summed E-state index contributed by atoms with van der Waals surface area (Å²) >= 11 is 1.49. The summed E-state index contributed by atoms with van der Waals surface area (Å²) in [7, 11) is 0. The van der Waals surface area contributed by atoms with Gasteiger partial charge in [-0.25, -0.2) is 0 Å². The molecule has 1 amide bonds. The molecule has 5 fully saturated rings. The normalized spacial score (nSPS) is 32.9. The highest BCUT2D eigenvalue weighted by Gasteiger charge is 2.54. The van der Waals surface area contributed by atoms with E-state index in [1.807, 2.05) is 30.3 Å². The molecule has 0 spiro atoms. The van der Waals surface area contributed by atoms with E-state index in [1.54, 1.807) is 0 Å². The van der Waals surface area contributed by atoms with Crippen LogP contribution in [0.15, 0.2) is 44.6 Å². The molecule has 6 unspecified atom stereocenters. The van der Waals surface area contributed by atoms with E-state index in [4.69, 9.17) is 9.26 Å². The highest BCUT2D eigenvalue weighted by Crippen LogP contribution is 2.58. The Bertz CT molecular complexity index is 955. The largest absolute Gasteiger partial charge is 0.474 e. The number of rotatable bonds is 7. The number of piperidine rings is 1. The van der Waals surface area contributed by atoms with Gasteiger partial charge in [-0.2, -0.15) is 0 Å². The second kappa shape index (κ2) is 8.75. The van der Waals surface area contributed by atoms with Gasteiger partial charge in [-0.3, -0.25) is 4.79 Å². The summed E-state index contributed by atoms with van der Waals surface area (Å²) in [6.45, 7) is 2.61. The van der Waals surface area contributed by atoms with Gasteiger partial charge in [0.05, 0.1) is 6.61 Å². The number of aromatic nitrogens is 1. The first-order valence-electron chi connectivity index (χ1n) is 12.1. The maximum atomic E-state index is 13.4. The van der Waals surface area contributed by atoms with Crippen molar-refractivity contribution in [2.75, 3.05) is 19.7 Å². The molecule has 32 heavy (non-hydrogen) atoms. The molecule has 5 aliphatic rings. The van der Waals surface area contributed by atoms with Gasteiger partial charge >= 0.3 is 0 Å². The molecule has 4 saturated carbocycles. The van der Waals surface area contributed by atoms with E-state index in [1.165, 1.54) is 37.4 Å². The average molecular weight is 454 g/mol. The van der Waals surface area contributed by atoms with Crippen LogP contribution in [0.4, 0.5) is 0 Å². The van der Waals surface area contributed by atoms with E-state index in [9.17, 15) is 4.79 Å². The number of hydrogen-bond acceptors (Lipinski definition) is 6. The van der Waals surface area contributed by atoms with Gasteiger partial charge in [-0.1, -0.05) is 30.0 Å². The summed E-state index contributed by atoms with van der Waals surface area (Å²) in [6.07, 6.45) is 7.49. The van der Waals surface area contributed by atoms with Gasteiger partial charge in [-0.05, 0) is 86.0 Å². The zero-order valence-electron chi connectivity index (χ0n) is 18.3. The molecule has 6 nitrogen and oxygen atoms in total. The fourth-order valence-electron chi connectivity index (χ4n) is 6.64. The highest BCUT2D eigenvalue weighted by molar-refractivity contribution is 7.99. The lowest BCUT2D eigenvalue weighted by Crippen LogP contribution is -2.44. The molecular formula is C25H31N3O3S. The quantitative estimate of drug-likeness (QED) is 0.648. The van der Waals surface area contributed by atoms with Crippen LogP contribution < -0.4 is 15.4 Å². The summed E-state index contributed by atoms with van der Waals surface area (Å²) < 4.78 is 11.7. The third kappa shape index (κ3) is 3.94. The van der Waals surface area contributed by atoms with Crippen molar-refractivity contribution in [2.45, 2.75) is 54.4 Å². The van der Waals surface area contributed by atoms with E-state index >= 15 is 0 Å². The SMILES string of the molecule is O=C(NC1C2CC3CC(C2)C1C3)c1onc(OCC2CCCNC2)c1Sc1ccccc1. The van der Waals surface area contributed by atoms with Crippen molar-refractivity contribution < 1.29 is 14.1 Å². The maximum absolute atomic E-state index is 13.4. The van der Waals surface area contributed by atoms with Gasteiger partial charge in [0.2, 0.25) is 5.76 Å². The zero-order chi connectivity index (χ0) is 21.5. The van der Waals surface area contributed by atoms with E-state index in [-0.39, 0.29) is 17.7 Å². The molecule has 7 rings (SSSR count). The van der Waals surface area contributed by atoms with Gasteiger partial charge < -0.3 is 19.9 Å². The van der Waals surface area contributed by atoms with Crippen LogP contribution in [0, 0.1) is 29.6 Å². The topological polar surface area (TPSA) is 76.4 Å².